The number of aliphatic hydroxyl groups is 1. The maximum atomic E-state index is 13.3. The molecule has 4 aliphatic carbocycles. The molecule has 1 aromatic rings. The van der Waals surface area contributed by atoms with Gasteiger partial charge in [0.1, 0.15) is 0 Å². The molecule has 0 aromatic heterocycles. The van der Waals surface area contributed by atoms with E-state index in [1.54, 1.807) is 26.0 Å². The number of sulfonamides is 1. The first-order valence-corrected chi connectivity index (χ1v) is 18.7. The summed E-state index contributed by atoms with van der Waals surface area (Å²) in [5, 5.41) is 11.9. The molecule has 0 heterocycles. The highest BCUT2D eigenvalue weighted by Crippen LogP contribution is 2.69. The molecular formula is C36H56FNO5S. The maximum absolute atomic E-state index is 13.3. The molecule has 2 N–H and O–H groups in total. The number of hydrogen-bond donors (Lipinski definition) is 2. The zero-order valence-electron chi connectivity index (χ0n) is 27.8. The number of halogens is 1. The van der Waals surface area contributed by atoms with Crippen LogP contribution in [-0.2, 0) is 20.2 Å². The van der Waals surface area contributed by atoms with Crippen molar-refractivity contribution >= 4 is 16.1 Å². The predicted molar refractivity (Wildman–Crippen MR) is 171 cm³/mol. The van der Waals surface area contributed by atoms with E-state index >= 15 is 0 Å². The molecule has 0 aliphatic heterocycles. The van der Waals surface area contributed by atoms with Crippen LogP contribution in [0.2, 0.25) is 0 Å². The van der Waals surface area contributed by atoms with Crippen LogP contribution in [-0.4, -0.2) is 39.0 Å². The fourth-order valence-corrected chi connectivity index (χ4v) is 11.8. The molecule has 4 saturated carbocycles. The number of rotatable bonds is 9. The van der Waals surface area contributed by atoms with Gasteiger partial charge in [0.2, 0.25) is 0 Å². The van der Waals surface area contributed by atoms with Crippen molar-refractivity contribution in [3.8, 4) is 0 Å². The summed E-state index contributed by atoms with van der Waals surface area (Å²) in [7, 11) is -4.10. The second kappa shape index (κ2) is 12.5. The number of carbonyl (C=O) groups is 1. The summed E-state index contributed by atoms with van der Waals surface area (Å²) in [6, 6.07) is 5.92. The van der Waals surface area contributed by atoms with Gasteiger partial charge in [-0.15, -0.1) is 0 Å². The number of carbonyl (C=O) groups excluding carboxylic acids is 1. The lowest BCUT2D eigenvalue weighted by molar-refractivity contribution is -0.194. The Morgan fingerprint density at radius 3 is 2.39 bits per heavy atom. The average molecular weight is 634 g/mol. The van der Waals surface area contributed by atoms with Crippen molar-refractivity contribution in [2.45, 2.75) is 122 Å². The Labute approximate surface area is 265 Å². The molecule has 44 heavy (non-hydrogen) atoms. The van der Waals surface area contributed by atoms with E-state index in [1.807, 2.05) is 4.72 Å². The molecule has 0 radical (unpaired) electrons. The Balaban J connectivity index is 1.18. The predicted octanol–water partition coefficient (Wildman–Crippen LogP) is 8.03. The molecule has 5 rings (SSSR count). The summed E-state index contributed by atoms with van der Waals surface area (Å²) in [6.07, 6.45) is 10.4. The van der Waals surface area contributed by atoms with Crippen LogP contribution in [0.3, 0.4) is 0 Å². The number of hydrogen-bond acceptors (Lipinski definition) is 5. The highest BCUT2D eigenvalue weighted by Gasteiger charge is 2.64. The summed E-state index contributed by atoms with van der Waals surface area (Å²) >= 11 is 0. The number of nitrogens with one attached hydrogen (secondary N) is 1. The van der Waals surface area contributed by atoms with Gasteiger partial charge in [0, 0.05) is 5.41 Å². The highest BCUT2D eigenvalue weighted by atomic mass is 32.2. The molecule has 4 aliphatic rings. The minimum absolute atomic E-state index is 0.0645. The average Bonchev–Trinajstić information content (AvgIpc) is 3.34. The lowest BCUT2D eigenvalue weighted by Gasteiger charge is -2.64. The summed E-state index contributed by atoms with van der Waals surface area (Å²) in [4.78, 5) is 12.4. The third-order valence-electron chi connectivity index (χ3n) is 13.4. The van der Waals surface area contributed by atoms with E-state index in [0.717, 1.165) is 19.3 Å². The molecular weight excluding hydrogens is 577 g/mol. The first-order valence-electron chi connectivity index (χ1n) is 17.2. The molecule has 0 spiro atoms. The second-order valence-corrected chi connectivity index (χ2v) is 17.7. The number of aliphatic hydroxyl groups excluding tert-OH is 1. The van der Waals surface area contributed by atoms with Crippen molar-refractivity contribution in [3.63, 3.8) is 0 Å². The van der Waals surface area contributed by atoms with Gasteiger partial charge in [-0.25, -0.2) is 17.9 Å². The SMILES string of the molecule is CC[C@H]1[C@@H](O)[C@@H]2[C@H](CC[C@]3(C)[C@@H]([C@H](C)CCOC(=O)NS(=O)(=O)c4ccc(C(C)(C)CF)cc4)CC[C@@H]23)[C@@]2(C)CCCC[C@@H]12. The van der Waals surface area contributed by atoms with Crippen LogP contribution in [0.15, 0.2) is 29.2 Å². The highest BCUT2D eigenvalue weighted by molar-refractivity contribution is 7.90. The van der Waals surface area contributed by atoms with Gasteiger partial charge in [-0.3, -0.25) is 4.39 Å². The second-order valence-electron chi connectivity index (χ2n) is 16.0. The molecule has 4 fully saturated rings. The number of fused-ring (bicyclic) bond motifs is 5. The van der Waals surface area contributed by atoms with Gasteiger partial charge in [-0.05, 0) is 115 Å². The lowest BCUT2D eigenvalue weighted by Crippen LogP contribution is -2.61. The van der Waals surface area contributed by atoms with Gasteiger partial charge < -0.3 is 9.84 Å². The van der Waals surface area contributed by atoms with Crippen molar-refractivity contribution < 1.29 is 27.4 Å². The number of ether oxygens (including phenoxy) is 1. The number of benzene rings is 1. The Bertz CT molecular complexity index is 1280. The summed E-state index contributed by atoms with van der Waals surface area (Å²) in [5.41, 5.74) is 0.475. The van der Waals surface area contributed by atoms with Crippen molar-refractivity contribution in [2.75, 3.05) is 13.3 Å². The molecule has 10 atom stereocenters. The third kappa shape index (κ3) is 5.84. The van der Waals surface area contributed by atoms with Crippen LogP contribution >= 0.6 is 0 Å². The summed E-state index contributed by atoms with van der Waals surface area (Å²) < 4.78 is 46.3. The Morgan fingerprint density at radius 1 is 1.05 bits per heavy atom. The zero-order valence-corrected chi connectivity index (χ0v) is 28.6. The van der Waals surface area contributed by atoms with Crippen LogP contribution in [0.4, 0.5) is 9.18 Å². The van der Waals surface area contributed by atoms with Gasteiger partial charge in [-0.2, -0.15) is 0 Å². The monoisotopic (exact) mass is 633 g/mol. The molecule has 248 valence electrons. The Kier molecular flexibility index (Phi) is 9.57. The van der Waals surface area contributed by atoms with Crippen molar-refractivity contribution in [2.24, 2.45) is 52.3 Å². The fourth-order valence-electron chi connectivity index (χ4n) is 10.9. The van der Waals surface area contributed by atoms with Crippen LogP contribution in [0.5, 0.6) is 0 Å². The van der Waals surface area contributed by atoms with Gasteiger partial charge in [0.25, 0.3) is 10.0 Å². The molecule has 8 heteroatoms. The molecule has 0 saturated heterocycles. The maximum Gasteiger partial charge on any atom is 0.421 e. The minimum Gasteiger partial charge on any atom is -0.449 e. The van der Waals surface area contributed by atoms with Gasteiger partial charge in [0.15, 0.2) is 0 Å². The minimum atomic E-state index is -4.10. The third-order valence-corrected chi connectivity index (χ3v) is 14.7. The molecule has 0 bridgehead atoms. The smallest absolute Gasteiger partial charge is 0.421 e. The molecule has 1 amide bonds. The van der Waals surface area contributed by atoms with Crippen LogP contribution in [0, 0.1) is 52.3 Å². The normalized spacial score (nSPS) is 37.8. The van der Waals surface area contributed by atoms with Gasteiger partial charge in [0.05, 0.1) is 24.3 Å². The van der Waals surface area contributed by atoms with E-state index in [9.17, 15) is 22.7 Å². The Morgan fingerprint density at radius 2 is 1.73 bits per heavy atom. The van der Waals surface area contributed by atoms with Crippen molar-refractivity contribution in [1.82, 2.24) is 4.72 Å². The number of alkyl halides is 1. The van der Waals surface area contributed by atoms with E-state index in [2.05, 4.69) is 27.7 Å². The van der Waals surface area contributed by atoms with Crippen LogP contribution in [0.1, 0.15) is 111 Å². The largest absolute Gasteiger partial charge is 0.449 e. The van der Waals surface area contributed by atoms with E-state index in [0.29, 0.717) is 58.8 Å². The van der Waals surface area contributed by atoms with Crippen molar-refractivity contribution in [3.05, 3.63) is 29.8 Å². The summed E-state index contributed by atoms with van der Waals surface area (Å²) in [5.74, 6) is 3.37. The van der Waals surface area contributed by atoms with E-state index in [1.165, 1.54) is 50.7 Å². The fraction of sp³-hybridized carbons (Fsp3) is 0.806. The zero-order chi connectivity index (χ0) is 32.1. The summed E-state index contributed by atoms with van der Waals surface area (Å²) in [6.45, 7) is 12.6. The molecule has 6 nitrogen and oxygen atoms in total. The quantitative estimate of drug-likeness (QED) is 0.287. The first-order chi connectivity index (χ1) is 20.7. The van der Waals surface area contributed by atoms with Gasteiger partial charge >= 0.3 is 6.09 Å². The van der Waals surface area contributed by atoms with Crippen LogP contribution < -0.4 is 4.72 Å². The topological polar surface area (TPSA) is 92.7 Å². The molecule has 0 unspecified atom stereocenters. The van der Waals surface area contributed by atoms with Crippen LogP contribution in [0.25, 0.3) is 0 Å². The van der Waals surface area contributed by atoms with E-state index in [4.69, 9.17) is 4.74 Å². The Hall–Kier alpha value is -1.67. The van der Waals surface area contributed by atoms with Gasteiger partial charge in [-0.1, -0.05) is 72.9 Å². The van der Waals surface area contributed by atoms with E-state index < -0.39 is 28.2 Å². The lowest BCUT2D eigenvalue weighted by atomic mass is 9.41. The standard InChI is InChI=1S/C36H56FNO5S/c1-7-26-28-10-8-9-19-35(28,5)30-17-20-36(6)27(15-16-29(36)31(30)32(26)39)23(2)18-21-43-33(40)38-44(41,42)25-13-11-24(12-14-25)34(3,4)22-37/h11-14,23,26-32,39H,7-10,15-22H2,1-6H3,(H,38,40)/t23-,26-,27-,28+,29+,30+,31+,32-,35+,36-/m1/s1. The van der Waals surface area contributed by atoms with Crippen molar-refractivity contribution in [1.29, 1.82) is 0 Å². The van der Waals surface area contributed by atoms with E-state index in [-0.39, 0.29) is 23.0 Å². The first kappa shape index (κ1) is 33.7. The number of amides is 1. The molecule has 1 aromatic carbocycles.